The van der Waals surface area contributed by atoms with Gasteiger partial charge in [0.2, 0.25) is 5.91 Å². The molecule has 0 unspecified atom stereocenters. The van der Waals surface area contributed by atoms with Crippen molar-refractivity contribution in [1.82, 2.24) is 4.90 Å². The van der Waals surface area contributed by atoms with Gasteiger partial charge in [0.15, 0.2) is 11.5 Å². The summed E-state index contributed by atoms with van der Waals surface area (Å²) in [5.74, 6) is -0.894. The van der Waals surface area contributed by atoms with Gasteiger partial charge in [-0.2, -0.15) is 0 Å². The predicted molar refractivity (Wildman–Crippen MR) is 148 cm³/mol. The first-order valence-corrected chi connectivity index (χ1v) is 12.6. The molecule has 200 valence electrons. The topological polar surface area (TPSA) is 128 Å². The number of anilines is 1. The van der Waals surface area contributed by atoms with E-state index in [2.05, 4.69) is 5.32 Å². The first kappa shape index (κ1) is 27.4. The van der Waals surface area contributed by atoms with Crippen molar-refractivity contribution in [3.63, 3.8) is 0 Å². The highest BCUT2D eigenvalue weighted by molar-refractivity contribution is 8.18. The molecule has 10 nitrogen and oxygen atoms in total. The second-order valence-electron chi connectivity index (χ2n) is 8.66. The number of rotatable bonds is 9. The van der Waals surface area contributed by atoms with Gasteiger partial charge in [-0.1, -0.05) is 42.5 Å². The molecule has 3 aromatic carbocycles. The van der Waals surface area contributed by atoms with Crippen molar-refractivity contribution in [1.29, 1.82) is 0 Å². The van der Waals surface area contributed by atoms with Gasteiger partial charge in [0, 0.05) is 5.69 Å². The van der Waals surface area contributed by atoms with Gasteiger partial charge >= 0.3 is 0 Å². The van der Waals surface area contributed by atoms with E-state index in [-0.39, 0.29) is 34.3 Å². The molecule has 3 aromatic rings. The molecule has 3 amide bonds. The number of aryl methyl sites for hydroxylation is 1. The first-order chi connectivity index (χ1) is 18.7. The molecule has 11 heteroatoms. The van der Waals surface area contributed by atoms with Crippen LogP contribution in [0.4, 0.5) is 16.2 Å². The van der Waals surface area contributed by atoms with Crippen LogP contribution in [0.5, 0.6) is 11.5 Å². The fourth-order valence-corrected chi connectivity index (χ4v) is 4.67. The molecule has 4 rings (SSSR count). The maximum atomic E-state index is 13.0. The van der Waals surface area contributed by atoms with Crippen LogP contribution in [0.3, 0.4) is 0 Å². The molecule has 1 fully saturated rings. The van der Waals surface area contributed by atoms with Crippen molar-refractivity contribution in [2.75, 3.05) is 19.0 Å². The summed E-state index contributed by atoms with van der Waals surface area (Å²) < 4.78 is 11.1. The number of nitro groups is 1. The standard InChI is InChI=1S/C28H25N3O7S/c1-17-8-7-11-21(18(17)2)29-26(32)15-30-27(33)25(39-28(30)34)13-20-12-23(37-3)24(14-22(20)31(35)36)38-16-19-9-5-4-6-10-19/h4-14H,15-16H2,1-3H3,(H,29,32)/b25-13+. The molecule has 1 aliphatic rings. The van der Waals surface area contributed by atoms with E-state index < -0.39 is 28.5 Å². The van der Waals surface area contributed by atoms with E-state index in [1.165, 1.54) is 25.3 Å². The molecule has 0 aliphatic carbocycles. The number of amides is 3. The number of hydrogen-bond donors (Lipinski definition) is 1. The number of imide groups is 1. The zero-order chi connectivity index (χ0) is 28.1. The number of carbonyl (C=O) groups is 3. The van der Waals surface area contributed by atoms with Crippen LogP contribution in [0.25, 0.3) is 6.08 Å². The summed E-state index contributed by atoms with van der Waals surface area (Å²) in [6, 6.07) is 17.3. The lowest BCUT2D eigenvalue weighted by Gasteiger charge is -2.14. The lowest BCUT2D eigenvalue weighted by atomic mass is 10.1. The monoisotopic (exact) mass is 547 g/mol. The number of carbonyl (C=O) groups excluding carboxylic acids is 3. The molecule has 0 radical (unpaired) electrons. The Bertz CT molecular complexity index is 1490. The van der Waals surface area contributed by atoms with Gasteiger partial charge in [-0.15, -0.1) is 0 Å². The number of nitro benzene ring substituents is 1. The molecule has 1 aliphatic heterocycles. The van der Waals surface area contributed by atoms with Crippen LogP contribution >= 0.6 is 11.8 Å². The molecule has 1 heterocycles. The van der Waals surface area contributed by atoms with Crippen molar-refractivity contribution in [2.24, 2.45) is 0 Å². The van der Waals surface area contributed by atoms with Crippen LogP contribution in [-0.4, -0.2) is 40.5 Å². The van der Waals surface area contributed by atoms with Crippen molar-refractivity contribution < 1.29 is 28.8 Å². The molecule has 0 atom stereocenters. The number of ether oxygens (including phenoxy) is 2. The number of thioether (sulfide) groups is 1. The lowest BCUT2D eigenvalue weighted by molar-refractivity contribution is -0.385. The normalized spacial score (nSPS) is 14.0. The van der Waals surface area contributed by atoms with E-state index in [9.17, 15) is 24.5 Å². The van der Waals surface area contributed by atoms with Crippen molar-refractivity contribution in [3.8, 4) is 11.5 Å². The number of methoxy groups -OCH3 is 1. The molecule has 0 aromatic heterocycles. The zero-order valence-electron chi connectivity index (χ0n) is 21.4. The fraction of sp³-hybridized carbons (Fsp3) is 0.179. The summed E-state index contributed by atoms with van der Waals surface area (Å²) >= 11 is 0.600. The maximum absolute atomic E-state index is 13.0. The highest BCUT2D eigenvalue weighted by Crippen LogP contribution is 2.39. The summed E-state index contributed by atoms with van der Waals surface area (Å²) in [4.78, 5) is 50.2. The van der Waals surface area contributed by atoms with Crippen molar-refractivity contribution in [2.45, 2.75) is 20.5 Å². The third-order valence-electron chi connectivity index (χ3n) is 6.09. The Labute approximate surface area is 228 Å². The number of nitrogens with one attached hydrogen (secondary N) is 1. The Hall–Kier alpha value is -4.64. The van der Waals surface area contributed by atoms with Crippen LogP contribution in [-0.2, 0) is 16.2 Å². The molecular weight excluding hydrogens is 522 g/mol. The highest BCUT2D eigenvalue weighted by Gasteiger charge is 2.37. The van der Waals surface area contributed by atoms with E-state index in [0.29, 0.717) is 17.4 Å². The van der Waals surface area contributed by atoms with Crippen LogP contribution in [0.1, 0.15) is 22.3 Å². The number of nitrogens with zero attached hydrogens (tertiary/aromatic N) is 2. The number of benzene rings is 3. The average molecular weight is 548 g/mol. The first-order valence-electron chi connectivity index (χ1n) is 11.8. The Morgan fingerprint density at radius 3 is 2.51 bits per heavy atom. The Balaban J connectivity index is 1.55. The van der Waals surface area contributed by atoms with Gasteiger partial charge in [0.05, 0.1) is 28.6 Å². The third-order valence-corrected chi connectivity index (χ3v) is 6.99. The zero-order valence-corrected chi connectivity index (χ0v) is 22.2. The van der Waals surface area contributed by atoms with Gasteiger partial charge in [-0.25, -0.2) is 0 Å². The minimum atomic E-state index is -0.723. The minimum Gasteiger partial charge on any atom is -0.493 e. The molecule has 1 saturated heterocycles. The molecule has 0 saturated carbocycles. The van der Waals surface area contributed by atoms with Gasteiger partial charge in [0.25, 0.3) is 16.8 Å². The van der Waals surface area contributed by atoms with E-state index >= 15 is 0 Å². The maximum Gasteiger partial charge on any atom is 0.294 e. The molecule has 39 heavy (non-hydrogen) atoms. The van der Waals surface area contributed by atoms with E-state index in [0.717, 1.165) is 21.6 Å². The minimum absolute atomic E-state index is 0.0502. The Morgan fingerprint density at radius 1 is 1.08 bits per heavy atom. The smallest absolute Gasteiger partial charge is 0.294 e. The van der Waals surface area contributed by atoms with Crippen LogP contribution in [0, 0.1) is 24.0 Å². The summed E-state index contributed by atoms with van der Waals surface area (Å²) in [5.41, 5.74) is 3.02. The highest BCUT2D eigenvalue weighted by atomic mass is 32.2. The average Bonchev–Trinajstić information content (AvgIpc) is 3.17. The molecule has 0 bridgehead atoms. The molecular formula is C28H25N3O7S. The van der Waals surface area contributed by atoms with E-state index in [1.807, 2.05) is 50.2 Å². The van der Waals surface area contributed by atoms with Gasteiger partial charge in [0.1, 0.15) is 13.2 Å². The summed E-state index contributed by atoms with van der Waals surface area (Å²) in [6.07, 6.45) is 1.25. The molecule has 0 spiro atoms. The Kier molecular flexibility index (Phi) is 8.30. The predicted octanol–water partition coefficient (Wildman–Crippen LogP) is 5.47. The van der Waals surface area contributed by atoms with Crippen LogP contribution < -0.4 is 14.8 Å². The van der Waals surface area contributed by atoms with Gasteiger partial charge in [-0.3, -0.25) is 29.4 Å². The largest absolute Gasteiger partial charge is 0.493 e. The summed E-state index contributed by atoms with van der Waals surface area (Å²) in [7, 11) is 1.39. The van der Waals surface area contributed by atoms with Gasteiger partial charge in [-0.05, 0) is 60.5 Å². The fourth-order valence-electron chi connectivity index (χ4n) is 3.84. The van der Waals surface area contributed by atoms with E-state index in [1.54, 1.807) is 12.1 Å². The quantitative estimate of drug-likeness (QED) is 0.212. The molecule has 1 N–H and O–H groups in total. The van der Waals surface area contributed by atoms with Gasteiger partial charge < -0.3 is 14.8 Å². The SMILES string of the molecule is COc1cc(/C=C2/SC(=O)N(CC(=O)Nc3cccc(C)c3C)C2=O)c([N+](=O)[O-])cc1OCc1ccccc1. The second kappa shape index (κ2) is 11.8. The van der Waals surface area contributed by atoms with Crippen LogP contribution in [0.15, 0.2) is 65.6 Å². The van der Waals surface area contributed by atoms with Crippen molar-refractivity contribution in [3.05, 3.63) is 97.9 Å². The third kappa shape index (κ3) is 6.27. The lowest BCUT2D eigenvalue weighted by Crippen LogP contribution is -2.36. The Morgan fingerprint density at radius 2 is 1.82 bits per heavy atom. The van der Waals surface area contributed by atoms with E-state index in [4.69, 9.17) is 9.47 Å². The summed E-state index contributed by atoms with van der Waals surface area (Å²) in [5, 5.41) is 13.9. The number of hydrogen-bond acceptors (Lipinski definition) is 8. The summed E-state index contributed by atoms with van der Waals surface area (Å²) in [6.45, 7) is 3.43. The van der Waals surface area contributed by atoms with Crippen molar-refractivity contribution >= 4 is 46.3 Å². The second-order valence-corrected chi connectivity index (χ2v) is 9.65. The van der Waals surface area contributed by atoms with Crippen LogP contribution in [0.2, 0.25) is 0 Å².